The molecule has 0 aromatic heterocycles. The summed E-state index contributed by atoms with van der Waals surface area (Å²) < 4.78 is 42.5. The molecule has 3 rings (SSSR count). The fourth-order valence-corrected chi connectivity index (χ4v) is 9.18. The third-order valence-corrected chi connectivity index (χ3v) is 12.7. The van der Waals surface area contributed by atoms with Gasteiger partial charge in [-0.3, -0.25) is 0 Å². The molecule has 1 aromatic carbocycles. The van der Waals surface area contributed by atoms with Crippen LogP contribution in [0.5, 0.6) is 0 Å². The number of aliphatic hydroxyl groups is 5. The summed E-state index contributed by atoms with van der Waals surface area (Å²) in [7, 11) is 3.13. The van der Waals surface area contributed by atoms with Gasteiger partial charge in [-0.15, -0.1) is 0 Å². The van der Waals surface area contributed by atoms with E-state index < -0.39 is 83.8 Å². The highest BCUT2D eigenvalue weighted by Crippen LogP contribution is 2.39. The second kappa shape index (κ2) is 24.5. The normalized spacial score (nSPS) is 31.4. The Balaban J connectivity index is 2.03. The van der Waals surface area contributed by atoms with Crippen LogP contribution in [-0.4, -0.2) is 144 Å². The maximum Gasteiger partial charge on any atom is 0.216 e. The Bertz CT molecular complexity index is 1420. The molecule has 1 aromatic rings. The lowest BCUT2D eigenvalue weighted by Gasteiger charge is -2.48. The molecule has 2 aliphatic heterocycles. The average molecular weight is 871 g/mol. The zero-order valence-corrected chi connectivity index (χ0v) is 39.3. The molecule has 61 heavy (non-hydrogen) atoms. The predicted molar refractivity (Wildman–Crippen MR) is 232 cm³/mol. The third kappa shape index (κ3) is 15.1. The summed E-state index contributed by atoms with van der Waals surface area (Å²) in [6.07, 6.45) is -5.58. The van der Waals surface area contributed by atoms with Gasteiger partial charge in [-0.2, -0.15) is 0 Å². The van der Waals surface area contributed by atoms with Gasteiger partial charge in [-0.25, -0.2) is 0 Å². The van der Waals surface area contributed by atoms with Crippen molar-refractivity contribution in [2.75, 3.05) is 34.2 Å². The zero-order chi connectivity index (χ0) is 45.7. The molecular weight excluding hydrogens is 789 g/mol. The van der Waals surface area contributed by atoms with Crippen LogP contribution in [0.1, 0.15) is 114 Å². The maximum atomic E-state index is 12.9. The van der Waals surface area contributed by atoms with E-state index in [1.807, 2.05) is 78.8 Å². The molecule has 8 unspecified atom stereocenters. The number of aliphatic hydroxyl groups excluding tert-OH is 3. The van der Waals surface area contributed by atoms with Crippen LogP contribution in [0.25, 0.3) is 0 Å². The Hall–Kier alpha value is -1.83. The lowest BCUT2D eigenvalue weighted by atomic mass is 9.74. The molecule has 6 N–H and O–H groups in total. The number of benzene rings is 1. The molecule has 0 bridgehead atoms. The number of oxime groups is 1. The Morgan fingerprint density at radius 3 is 2.26 bits per heavy atom. The monoisotopic (exact) mass is 871 g/mol. The van der Waals surface area contributed by atoms with E-state index in [0.29, 0.717) is 38.1 Å². The molecule has 16 atom stereocenters. The molecule has 15 heteroatoms. The molecule has 354 valence electrons. The van der Waals surface area contributed by atoms with Crippen LogP contribution in [0.3, 0.4) is 0 Å². The van der Waals surface area contributed by atoms with Crippen molar-refractivity contribution < 1.29 is 63.5 Å². The second-order valence-electron chi connectivity index (χ2n) is 18.7. The first-order valence-corrected chi connectivity index (χ1v) is 22.3. The number of rotatable bonds is 26. The minimum absolute atomic E-state index is 0.0610. The molecule has 2 heterocycles. The van der Waals surface area contributed by atoms with Crippen molar-refractivity contribution in [1.82, 2.24) is 5.32 Å². The van der Waals surface area contributed by atoms with Crippen molar-refractivity contribution in [2.24, 2.45) is 28.8 Å². The lowest BCUT2D eigenvalue weighted by molar-refractivity contribution is -0.315. The number of hydrogen-bond donors (Lipinski definition) is 6. The predicted octanol–water partition coefficient (Wildman–Crippen LogP) is 4.92. The SMILES string of the molecule is CCCC(C)(O)C(O)C(C)C(=NOCOCCOC)C(C)CC(C)(O)C(O[C@@H]1O[C@H](C)C[C@H](NCc2ccccc2)[C@H]1O)C(C)C(O[C@H]1C[C@@](C)(OC)[C@@H](O)[C@H](C)O1)C(C)C. The summed E-state index contributed by atoms with van der Waals surface area (Å²) >= 11 is 0. The topological polar surface area (TPSA) is 199 Å². The van der Waals surface area contributed by atoms with Gasteiger partial charge in [-0.05, 0) is 65.4 Å². The molecule has 15 nitrogen and oxygen atoms in total. The largest absolute Gasteiger partial charge is 0.389 e. The maximum absolute atomic E-state index is 12.9. The standard InChI is InChI=1S/C46H82N2O13/c1-14-20-44(9,52)40(50)31(6)37(48-57-27-56-22-21-54-12)29(4)24-45(10,53)42(32(7)39(28(2)3)60-36-25-46(11,55-13)41(51)33(8)59-36)61-43-38(49)35(23-30(5)58-43)47-26-34-18-16-15-17-19-34/h15-19,28-33,35-36,38-43,47,49-53H,14,20-27H2,1-13H3/t29?,30-,31?,32?,33+,35+,36+,38-,39?,40?,41+,42?,43+,44?,45?,46-/m1/s1. The highest BCUT2D eigenvalue weighted by Gasteiger charge is 2.50. The number of nitrogens with one attached hydrogen (secondary N) is 1. The second-order valence-corrected chi connectivity index (χ2v) is 18.7. The van der Waals surface area contributed by atoms with E-state index in [1.54, 1.807) is 41.9 Å². The van der Waals surface area contributed by atoms with Crippen molar-refractivity contribution in [3.05, 3.63) is 35.9 Å². The van der Waals surface area contributed by atoms with Crippen LogP contribution >= 0.6 is 0 Å². The zero-order valence-electron chi connectivity index (χ0n) is 39.3. The quantitative estimate of drug-likeness (QED) is 0.0317. The van der Waals surface area contributed by atoms with Crippen molar-refractivity contribution >= 4 is 5.71 Å². The molecular formula is C46H82N2O13. The Morgan fingerprint density at radius 2 is 1.66 bits per heavy atom. The summed E-state index contributed by atoms with van der Waals surface area (Å²) in [5.41, 5.74) is -2.50. The van der Waals surface area contributed by atoms with Crippen molar-refractivity contribution in [3.63, 3.8) is 0 Å². The third-order valence-electron chi connectivity index (χ3n) is 12.7. The van der Waals surface area contributed by atoms with E-state index in [9.17, 15) is 25.5 Å². The first-order chi connectivity index (χ1) is 28.6. The molecule has 0 radical (unpaired) electrons. The van der Waals surface area contributed by atoms with Gasteiger partial charge >= 0.3 is 0 Å². The molecule has 0 aliphatic carbocycles. The number of hydrogen-bond acceptors (Lipinski definition) is 15. The van der Waals surface area contributed by atoms with E-state index in [4.69, 9.17) is 38.0 Å². The number of ether oxygens (including phenoxy) is 7. The molecule has 2 saturated heterocycles. The summed E-state index contributed by atoms with van der Waals surface area (Å²) in [6.45, 7) is 21.4. The highest BCUT2D eigenvalue weighted by atomic mass is 16.7. The fourth-order valence-electron chi connectivity index (χ4n) is 9.18. The Kier molecular flexibility index (Phi) is 21.5. The Labute approximate surface area is 365 Å². The van der Waals surface area contributed by atoms with Crippen LogP contribution in [0.2, 0.25) is 0 Å². The minimum atomic E-state index is -1.64. The smallest absolute Gasteiger partial charge is 0.216 e. The van der Waals surface area contributed by atoms with Gasteiger partial charge < -0.3 is 68.8 Å². The number of methoxy groups -OCH3 is 2. The van der Waals surface area contributed by atoms with Gasteiger partial charge in [0.05, 0.1) is 66.2 Å². The first kappa shape index (κ1) is 53.5. The van der Waals surface area contributed by atoms with E-state index in [0.717, 1.165) is 5.56 Å². The van der Waals surface area contributed by atoms with Crippen LogP contribution in [0.4, 0.5) is 0 Å². The van der Waals surface area contributed by atoms with Crippen LogP contribution in [0.15, 0.2) is 35.5 Å². The van der Waals surface area contributed by atoms with Crippen molar-refractivity contribution in [1.29, 1.82) is 0 Å². The fraction of sp³-hybridized carbons (Fsp3) is 0.848. The number of nitrogens with zero attached hydrogens (tertiary/aromatic N) is 1. The molecule has 2 aliphatic rings. The summed E-state index contributed by atoms with van der Waals surface area (Å²) in [6, 6.07) is 9.57. The van der Waals surface area contributed by atoms with Gasteiger partial charge in [-0.1, -0.05) is 83.5 Å². The first-order valence-electron chi connectivity index (χ1n) is 22.3. The van der Waals surface area contributed by atoms with Gasteiger partial charge in [0, 0.05) is 51.0 Å². The Morgan fingerprint density at radius 1 is 0.984 bits per heavy atom. The van der Waals surface area contributed by atoms with E-state index in [1.165, 1.54) is 0 Å². The minimum Gasteiger partial charge on any atom is -0.389 e. The van der Waals surface area contributed by atoms with Crippen molar-refractivity contribution in [2.45, 2.75) is 193 Å². The van der Waals surface area contributed by atoms with Gasteiger partial charge in [0.2, 0.25) is 6.79 Å². The summed E-state index contributed by atoms with van der Waals surface area (Å²) in [4.78, 5) is 5.62. The van der Waals surface area contributed by atoms with E-state index >= 15 is 0 Å². The molecule has 0 amide bonds. The van der Waals surface area contributed by atoms with Crippen LogP contribution < -0.4 is 5.32 Å². The highest BCUT2D eigenvalue weighted by molar-refractivity contribution is 5.88. The van der Waals surface area contributed by atoms with E-state index in [-0.39, 0.29) is 44.3 Å². The van der Waals surface area contributed by atoms with Crippen LogP contribution in [-0.2, 0) is 44.5 Å². The average Bonchev–Trinajstić information content (AvgIpc) is 3.20. The van der Waals surface area contributed by atoms with Crippen molar-refractivity contribution in [3.8, 4) is 0 Å². The summed E-state index contributed by atoms with van der Waals surface area (Å²) in [5, 5.41) is 66.4. The van der Waals surface area contributed by atoms with Gasteiger partial charge in [0.25, 0.3) is 0 Å². The lowest BCUT2D eigenvalue weighted by Crippen LogP contribution is -2.60. The molecule has 0 spiro atoms. The van der Waals surface area contributed by atoms with Gasteiger partial charge in [0.15, 0.2) is 12.6 Å². The van der Waals surface area contributed by atoms with Gasteiger partial charge in [0.1, 0.15) is 12.2 Å². The summed E-state index contributed by atoms with van der Waals surface area (Å²) in [5.74, 6) is -1.86. The molecule has 2 fully saturated rings. The van der Waals surface area contributed by atoms with Crippen LogP contribution in [0, 0.1) is 23.7 Å². The van der Waals surface area contributed by atoms with E-state index in [2.05, 4.69) is 10.5 Å². The molecule has 0 saturated carbocycles.